The number of amides is 1. The van der Waals surface area contributed by atoms with E-state index in [0.29, 0.717) is 25.3 Å². The molecule has 6 nitrogen and oxygen atoms in total. The predicted molar refractivity (Wildman–Crippen MR) is 75.8 cm³/mol. The first kappa shape index (κ1) is 15.3. The number of carboxylic acid groups (broad SMARTS) is 1. The molecule has 0 aromatic carbocycles. The van der Waals surface area contributed by atoms with E-state index in [2.05, 4.69) is 10.3 Å². The third kappa shape index (κ3) is 3.71. The van der Waals surface area contributed by atoms with Crippen LogP contribution in [0.15, 0.2) is 18.3 Å². The average Bonchev–Trinajstić information content (AvgIpc) is 2.95. The van der Waals surface area contributed by atoms with Crippen molar-refractivity contribution in [3.05, 3.63) is 23.9 Å². The minimum absolute atomic E-state index is 0.0462. The largest absolute Gasteiger partial charge is 0.481 e. The minimum Gasteiger partial charge on any atom is -0.481 e. The Bertz CT molecular complexity index is 524. The molecule has 6 heteroatoms. The van der Waals surface area contributed by atoms with Crippen LogP contribution < -0.4 is 10.1 Å². The molecule has 21 heavy (non-hydrogen) atoms. The van der Waals surface area contributed by atoms with Crippen LogP contribution in [-0.4, -0.2) is 29.1 Å². The summed E-state index contributed by atoms with van der Waals surface area (Å²) in [5.41, 5.74) is -0.00832. The van der Waals surface area contributed by atoms with Crippen molar-refractivity contribution in [2.75, 3.05) is 7.11 Å². The van der Waals surface area contributed by atoms with Gasteiger partial charge in [0.2, 0.25) is 11.8 Å². The lowest BCUT2D eigenvalue weighted by atomic mass is 9.82. The number of aliphatic carboxylic acids is 1. The number of carbonyl (C=O) groups is 2. The number of nitrogens with one attached hydrogen (secondary N) is 1. The highest BCUT2D eigenvalue weighted by Crippen LogP contribution is 2.41. The molecule has 1 aromatic rings. The Labute approximate surface area is 123 Å². The quantitative estimate of drug-likeness (QED) is 0.833. The fourth-order valence-electron chi connectivity index (χ4n) is 2.76. The van der Waals surface area contributed by atoms with Gasteiger partial charge in [0.05, 0.1) is 12.5 Å². The fourth-order valence-corrected chi connectivity index (χ4v) is 2.76. The van der Waals surface area contributed by atoms with E-state index in [-0.39, 0.29) is 12.3 Å². The SMILES string of the molecule is COc1cc(CNC(=O)CC2(C(=O)O)CCCC2)ccn1. The van der Waals surface area contributed by atoms with Gasteiger partial charge in [0.25, 0.3) is 0 Å². The lowest BCUT2D eigenvalue weighted by molar-refractivity contribution is -0.151. The van der Waals surface area contributed by atoms with Gasteiger partial charge in [-0.2, -0.15) is 0 Å². The zero-order valence-corrected chi connectivity index (χ0v) is 12.1. The van der Waals surface area contributed by atoms with Crippen LogP contribution >= 0.6 is 0 Å². The average molecular weight is 292 g/mol. The molecule has 0 spiro atoms. The first-order chi connectivity index (χ1) is 10.1. The molecule has 0 aliphatic heterocycles. The minimum atomic E-state index is -0.875. The molecule has 1 saturated carbocycles. The molecule has 0 radical (unpaired) electrons. The summed E-state index contributed by atoms with van der Waals surface area (Å²) >= 11 is 0. The summed E-state index contributed by atoms with van der Waals surface area (Å²) in [5.74, 6) is -0.602. The lowest BCUT2D eigenvalue weighted by Crippen LogP contribution is -2.35. The molecule has 2 rings (SSSR count). The first-order valence-corrected chi connectivity index (χ1v) is 7.05. The molecule has 1 aliphatic rings. The van der Waals surface area contributed by atoms with Crippen molar-refractivity contribution in [3.8, 4) is 5.88 Å². The van der Waals surface area contributed by atoms with Crippen molar-refractivity contribution >= 4 is 11.9 Å². The van der Waals surface area contributed by atoms with Crippen LogP contribution in [0.4, 0.5) is 0 Å². The lowest BCUT2D eigenvalue weighted by Gasteiger charge is -2.22. The maximum Gasteiger partial charge on any atom is 0.310 e. The maximum atomic E-state index is 12.0. The third-order valence-electron chi connectivity index (χ3n) is 4.01. The summed E-state index contributed by atoms with van der Waals surface area (Å²) < 4.78 is 5.02. The highest BCUT2D eigenvalue weighted by Gasteiger charge is 2.42. The number of methoxy groups -OCH3 is 1. The van der Waals surface area contributed by atoms with Crippen molar-refractivity contribution in [2.24, 2.45) is 5.41 Å². The van der Waals surface area contributed by atoms with Crippen molar-refractivity contribution in [3.63, 3.8) is 0 Å². The van der Waals surface area contributed by atoms with Gasteiger partial charge in [-0.3, -0.25) is 9.59 Å². The van der Waals surface area contributed by atoms with E-state index in [1.807, 2.05) is 0 Å². The second-order valence-electron chi connectivity index (χ2n) is 5.45. The van der Waals surface area contributed by atoms with E-state index < -0.39 is 11.4 Å². The maximum absolute atomic E-state index is 12.0. The Morgan fingerprint density at radius 1 is 1.43 bits per heavy atom. The highest BCUT2D eigenvalue weighted by molar-refractivity contribution is 5.85. The second-order valence-corrected chi connectivity index (χ2v) is 5.45. The third-order valence-corrected chi connectivity index (χ3v) is 4.01. The number of ether oxygens (including phenoxy) is 1. The summed E-state index contributed by atoms with van der Waals surface area (Å²) in [6.45, 7) is 0.341. The summed E-state index contributed by atoms with van der Waals surface area (Å²) in [5, 5.41) is 12.1. The van der Waals surface area contributed by atoms with Crippen LogP contribution in [-0.2, 0) is 16.1 Å². The van der Waals surface area contributed by atoms with Gasteiger partial charge in [0, 0.05) is 25.2 Å². The van der Waals surface area contributed by atoms with Gasteiger partial charge >= 0.3 is 5.97 Å². The Hall–Kier alpha value is -2.11. The van der Waals surface area contributed by atoms with E-state index in [1.54, 1.807) is 18.3 Å². The standard InChI is InChI=1S/C15H20N2O4/c1-21-13-8-11(4-7-16-13)10-17-12(18)9-15(14(19)20)5-2-3-6-15/h4,7-8H,2-3,5-6,9-10H2,1H3,(H,17,18)(H,19,20). The molecular formula is C15H20N2O4. The monoisotopic (exact) mass is 292 g/mol. The van der Waals surface area contributed by atoms with E-state index >= 15 is 0 Å². The van der Waals surface area contributed by atoms with Crippen LogP contribution in [0.2, 0.25) is 0 Å². The van der Waals surface area contributed by atoms with E-state index in [0.717, 1.165) is 18.4 Å². The van der Waals surface area contributed by atoms with Crippen molar-refractivity contribution in [1.82, 2.24) is 10.3 Å². The molecule has 2 N–H and O–H groups in total. The smallest absolute Gasteiger partial charge is 0.310 e. The molecule has 0 saturated heterocycles. The van der Waals surface area contributed by atoms with Gasteiger partial charge < -0.3 is 15.2 Å². The molecule has 1 aromatic heterocycles. The molecule has 0 bridgehead atoms. The number of hydrogen-bond donors (Lipinski definition) is 2. The Kier molecular flexibility index (Phi) is 4.77. The number of nitrogens with zero attached hydrogens (tertiary/aromatic N) is 1. The van der Waals surface area contributed by atoms with E-state index in [4.69, 9.17) is 4.74 Å². The Morgan fingerprint density at radius 3 is 2.76 bits per heavy atom. The van der Waals surface area contributed by atoms with Crippen LogP contribution in [0.25, 0.3) is 0 Å². The topological polar surface area (TPSA) is 88.5 Å². The van der Waals surface area contributed by atoms with E-state index in [1.165, 1.54) is 7.11 Å². The van der Waals surface area contributed by atoms with Crippen LogP contribution in [0.1, 0.15) is 37.7 Å². The van der Waals surface area contributed by atoms with E-state index in [9.17, 15) is 14.7 Å². The van der Waals surface area contributed by atoms with Gasteiger partial charge in [-0.15, -0.1) is 0 Å². The number of pyridine rings is 1. The van der Waals surface area contributed by atoms with Crippen LogP contribution in [0.3, 0.4) is 0 Å². The number of rotatable bonds is 6. The van der Waals surface area contributed by atoms with Crippen molar-refractivity contribution in [2.45, 2.75) is 38.6 Å². The first-order valence-electron chi connectivity index (χ1n) is 7.05. The summed E-state index contributed by atoms with van der Waals surface area (Å²) in [7, 11) is 1.53. The van der Waals surface area contributed by atoms with Crippen LogP contribution in [0, 0.1) is 5.41 Å². The Balaban J connectivity index is 1.91. The second kappa shape index (κ2) is 6.56. The summed E-state index contributed by atoms with van der Waals surface area (Å²) in [6, 6.07) is 3.52. The number of aromatic nitrogens is 1. The van der Waals surface area contributed by atoms with Crippen LogP contribution in [0.5, 0.6) is 5.88 Å². The summed E-state index contributed by atoms with van der Waals surface area (Å²) in [4.78, 5) is 27.4. The molecule has 0 unspecified atom stereocenters. The van der Waals surface area contributed by atoms with Gasteiger partial charge in [0.1, 0.15) is 0 Å². The molecular weight excluding hydrogens is 272 g/mol. The molecule has 1 heterocycles. The zero-order valence-electron chi connectivity index (χ0n) is 12.1. The van der Waals surface area contributed by atoms with Crippen molar-refractivity contribution < 1.29 is 19.4 Å². The van der Waals surface area contributed by atoms with Gasteiger partial charge in [-0.25, -0.2) is 4.98 Å². The number of carbonyl (C=O) groups excluding carboxylic acids is 1. The molecule has 1 fully saturated rings. The molecule has 1 amide bonds. The van der Waals surface area contributed by atoms with Crippen molar-refractivity contribution in [1.29, 1.82) is 0 Å². The van der Waals surface area contributed by atoms with Gasteiger partial charge in [-0.05, 0) is 24.5 Å². The highest BCUT2D eigenvalue weighted by atomic mass is 16.5. The molecule has 114 valence electrons. The zero-order chi connectivity index (χ0) is 15.3. The molecule has 0 atom stereocenters. The number of hydrogen-bond acceptors (Lipinski definition) is 4. The summed E-state index contributed by atoms with van der Waals surface area (Å²) in [6.07, 6.45) is 4.57. The Morgan fingerprint density at radius 2 is 2.14 bits per heavy atom. The number of carboxylic acids is 1. The normalized spacial score (nSPS) is 16.4. The van der Waals surface area contributed by atoms with Gasteiger partial charge in [-0.1, -0.05) is 12.8 Å². The predicted octanol–water partition coefficient (Wildman–Crippen LogP) is 1.74. The van der Waals surface area contributed by atoms with Gasteiger partial charge in [0.15, 0.2) is 0 Å². The fraction of sp³-hybridized carbons (Fsp3) is 0.533. The molecule has 1 aliphatic carbocycles.